The number of rotatable bonds is 8. The number of benzene rings is 2. The minimum absolute atomic E-state index is 0.0283. The molecule has 0 fully saturated rings. The normalized spacial score (nSPS) is 19.6. The van der Waals surface area contributed by atoms with E-state index in [0.717, 1.165) is 11.3 Å². The van der Waals surface area contributed by atoms with Crippen LogP contribution >= 0.6 is 15.9 Å². The molecule has 1 aliphatic carbocycles. The van der Waals surface area contributed by atoms with Crippen molar-refractivity contribution in [2.45, 2.75) is 38.5 Å². The molecule has 2 aliphatic rings. The van der Waals surface area contributed by atoms with Crippen molar-refractivity contribution in [3.63, 3.8) is 0 Å². The van der Waals surface area contributed by atoms with Crippen LogP contribution in [0.5, 0.6) is 11.5 Å². The van der Waals surface area contributed by atoms with Gasteiger partial charge in [0.05, 0.1) is 23.3 Å². The third-order valence-corrected chi connectivity index (χ3v) is 7.13. The number of hydrogen-bond acceptors (Lipinski definition) is 7. The van der Waals surface area contributed by atoms with Crippen LogP contribution in [0.1, 0.15) is 49.7 Å². The molecule has 2 aromatic rings. The topological polar surface area (TPSA) is 94.1 Å². The third kappa shape index (κ3) is 5.20. The summed E-state index contributed by atoms with van der Waals surface area (Å²) in [5.74, 6) is -0.936. The van der Waals surface area contributed by atoms with E-state index < -0.39 is 11.9 Å². The highest BCUT2D eigenvalue weighted by atomic mass is 79.9. The van der Waals surface area contributed by atoms with E-state index in [9.17, 15) is 14.7 Å². The highest BCUT2D eigenvalue weighted by Crippen LogP contribution is 2.48. The molecule has 190 valence electrons. The number of ketones is 1. The fraction of sp³-hybridized carbons (Fsp3) is 0.357. The van der Waals surface area contributed by atoms with Crippen LogP contribution in [0.3, 0.4) is 0 Å². The average molecular weight is 556 g/mol. The summed E-state index contributed by atoms with van der Waals surface area (Å²) in [5, 5.41) is 13.8. The maximum Gasteiger partial charge on any atom is 0.336 e. The van der Waals surface area contributed by atoms with Crippen molar-refractivity contribution in [3.05, 3.63) is 80.6 Å². The Hall–Kier alpha value is -3.10. The molecular weight excluding hydrogens is 526 g/mol. The molecule has 36 heavy (non-hydrogen) atoms. The van der Waals surface area contributed by atoms with Gasteiger partial charge in [0, 0.05) is 36.4 Å². The average Bonchev–Trinajstić information content (AvgIpc) is 2.86. The van der Waals surface area contributed by atoms with Crippen LogP contribution in [0.2, 0.25) is 0 Å². The first-order valence-corrected chi connectivity index (χ1v) is 12.7. The number of ether oxygens (including phenoxy) is 3. The summed E-state index contributed by atoms with van der Waals surface area (Å²) >= 11 is 3.40. The molecule has 1 aliphatic heterocycles. The van der Waals surface area contributed by atoms with Crippen molar-refractivity contribution in [1.82, 2.24) is 5.32 Å². The Kier molecular flexibility index (Phi) is 8.16. The van der Waals surface area contributed by atoms with Crippen molar-refractivity contribution in [2.75, 3.05) is 26.9 Å². The summed E-state index contributed by atoms with van der Waals surface area (Å²) in [4.78, 5) is 27.0. The number of esters is 1. The Morgan fingerprint density at radius 1 is 1.14 bits per heavy atom. The van der Waals surface area contributed by atoms with Crippen LogP contribution in [0.25, 0.3) is 0 Å². The van der Waals surface area contributed by atoms with Gasteiger partial charge < -0.3 is 24.6 Å². The number of nitrogens with one attached hydrogen (secondary N) is 1. The summed E-state index contributed by atoms with van der Waals surface area (Å²) in [5.41, 5.74) is 4.10. The first-order chi connectivity index (χ1) is 17.3. The maximum atomic E-state index is 13.7. The van der Waals surface area contributed by atoms with Crippen molar-refractivity contribution in [3.8, 4) is 11.5 Å². The maximum absolute atomic E-state index is 13.7. The number of methoxy groups -OCH3 is 1. The van der Waals surface area contributed by atoms with Crippen LogP contribution in [0.4, 0.5) is 0 Å². The largest absolute Gasteiger partial charge is 0.503 e. The molecule has 8 heteroatoms. The number of aromatic hydroxyl groups is 1. The lowest BCUT2D eigenvalue weighted by Crippen LogP contribution is -2.36. The number of hydrogen-bond donors (Lipinski definition) is 2. The van der Waals surface area contributed by atoms with Gasteiger partial charge in [0.2, 0.25) is 0 Å². The predicted molar refractivity (Wildman–Crippen MR) is 139 cm³/mol. The molecule has 2 aromatic carbocycles. The molecule has 1 heterocycles. The monoisotopic (exact) mass is 555 g/mol. The molecule has 0 saturated heterocycles. The lowest BCUT2D eigenvalue weighted by molar-refractivity contribution is -0.140. The van der Waals surface area contributed by atoms with Gasteiger partial charge in [-0.15, -0.1) is 0 Å². The molecule has 4 rings (SSSR count). The minimum atomic E-state index is -0.670. The van der Waals surface area contributed by atoms with Gasteiger partial charge in [0.15, 0.2) is 17.3 Å². The molecule has 0 radical (unpaired) electrons. The third-order valence-electron chi connectivity index (χ3n) is 6.52. The molecule has 0 bridgehead atoms. The smallest absolute Gasteiger partial charge is 0.336 e. The van der Waals surface area contributed by atoms with E-state index in [-0.39, 0.29) is 36.4 Å². The van der Waals surface area contributed by atoms with Crippen LogP contribution in [-0.2, 0) is 19.1 Å². The summed E-state index contributed by atoms with van der Waals surface area (Å²) < 4.78 is 16.6. The molecule has 0 aromatic heterocycles. The van der Waals surface area contributed by atoms with Crippen molar-refractivity contribution >= 4 is 27.7 Å². The molecule has 2 unspecified atom stereocenters. The standard InChI is InChI=1S/C28H30BrNO6/c1-4-35-23-15-19(12-20(29)27(23)32)25-24(28(33)36-11-10-34-3)16(2)30-21-13-18(14-22(31)26(21)25)17-8-6-5-7-9-17/h5-9,12,15,18,25,30,32H,4,10-11,13-14H2,1-3H3. The lowest BCUT2D eigenvalue weighted by atomic mass is 9.71. The van der Waals surface area contributed by atoms with E-state index in [1.54, 1.807) is 12.1 Å². The Bertz CT molecular complexity index is 1220. The first kappa shape index (κ1) is 26.0. The van der Waals surface area contributed by atoms with E-state index in [1.807, 2.05) is 44.2 Å². The summed E-state index contributed by atoms with van der Waals surface area (Å²) in [6, 6.07) is 13.4. The van der Waals surface area contributed by atoms with Gasteiger partial charge in [0.25, 0.3) is 0 Å². The fourth-order valence-corrected chi connectivity index (χ4v) is 5.38. The second kappa shape index (κ2) is 11.3. The van der Waals surface area contributed by atoms with E-state index in [0.29, 0.717) is 46.3 Å². The van der Waals surface area contributed by atoms with E-state index in [4.69, 9.17) is 14.2 Å². The molecule has 2 N–H and O–H groups in total. The molecule has 7 nitrogen and oxygen atoms in total. The number of carbonyl (C=O) groups excluding carboxylic acids is 2. The Labute approximate surface area is 219 Å². The first-order valence-electron chi connectivity index (χ1n) is 12.0. The number of dihydropyridines is 1. The van der Waals surface area contributed by atoms with Gasteiger partial charge in [-0.2, -0.15) is 0 Å². The SMILES string of the molecule is CCOc1cc(C2C(C(=O)OCCOC)=C(C)NC3=C2C(=O)CC(c2ccccc2)C3)cc(Br)c1O. The van der Waals surface area contributed by atoms with Crippen LogP contribution in [0.15, 0.2) is 69.5 Å². The summed E-state index contributed by atoms with van der Waals surface area (Å²) in [7, 11) is 1.54. The molecule has 2 atom stereocenters. The summed E-state index contributed by atoms with van der Waals surface area (Å²) in [6.07, 6.45) is 0.978. The number of Topliss-reactive ketones (excluding diaryl/α,β-unsaturated/α-hetero) is 1. The Morgan fingerprint density at radius 3 is 2.58 bits per heavy atom. The van der Waals surface area contributed by atoms with Crippen LogP contribution < -0.4 is 10.1 Å². The lowest BCUT2D eigenvalue weighted by Gasteiger charge is -2.37. The van der Waals surface area contributed by atoms with Gasteiger partial charge in [-0.3, -0.25) is 4.79 Å². The van der Waals surface area contributed by atoms with Gasteiger partial charge in [-0.05, 0) is 65.4 Å². The van der Waals surface area contributed by atoms with Gasteiger partial charge >= 0.3 is 5.97 Å². The van der Waals surface area contributed by atoms with Gasteiger partial charge in [-0.1, -0.05) is 30.3 Å². The second-order valence-electron chi connectivity index (χ2n) is 8.84. The highest BCUT2D eigenvalue weighted by molar-refractivity contribution is 9.10. The fourth-order valence-electron chi connectivity index (χ4n) is 4.93. The summed E-state index contributed by atoms with van der Waals surface area (Å²) in [6.45, 7) is 4.35. The number of allylic oxidation sites excluding steroid dienone is 3. The molecule has 0 amide bonds. The van der Waals surface area contributed by atoms with Crippen LogP contribution in [0, 0.1) is 0 Å². The highest BCUT2D eigenvalue weighted by Gasteiger charge is 2.42. The van der Waals surface area contributed by atoms with Crippen LogP contribution in [-0.4, -0.2) is 43.8 Å². The molecular formula is C28H30BrNO6. The number of halogens is 1. The van der Waals surface area contributed by atoms with Crippen molar-refractivity contribution in [1.29, 1.82) is 0 Å². The zero-order valence-corrected chi connectivity index (χ0v) is 22.2. The van der Waals surface area contributed by atoms with Gasteiger partial charge in [0.1, 0.15) is 6.61 Å². The number of phenols is 1. The zero-order valence-electron chi connectivity index (χ0n) is 20.6. The van der Waals surface area contributed by atoms with Crippen molar-refractivity contribution < 1.29 is 28.9 Å². The molecule has 0 saturated carbocycles. The van der Waals surface area contributed by atoms with Crippen molar-refractivity contribution in [2.24, 2.45) is 0 Å². The Balaban J connectivity index is 1.82. The number of phenolic OH excluding ortho intramolecular Hbond substituents is 1. The number of carbonyl (C=O) groups is 2. The predicted octanol–water partition coefficient (Wildman–Crippen LogP) is 5.10. The molecule has 0 spiro atoms. The van der Waals surface area contributed by atoms with E-state index in [1.165, 1.54) is 7.11 Å². The Morgan fingerprint density at radius 2 is 1.89 bits per heavy atom. The quantitative estimate of drug-likeness (QED) is 0.345. The van der Waals surface area contributed by atoms with E-state index in [2.05, 4.69) is 21.2 Å². The second-order valence-corrected chi connectivity index (χ2v) is 9.69. The van der Waals surface area contributed by atoms with Gasteiger partial charge in [-0.25, -0.2) is 4.79 Å². The minimum Gasteiger partial charge on any atom is -0.503 e. The zero-order chi connectivity index (χ0) is 25.8. The van der Waals surface area contributed by atoms with E-state index >= 15 is 0 Å².